The van der Waals surface area contributed by atoms with E-state index in [0.29, 0.717) is 0 Å². The summed E-state index contributed by atoms with van der Waals surface area (Å²) in [6.07, 6.45) is 0. The van der Waals surface area contributed by atoms with Gasteiger partial charge < -0.3 is 14.5 Å². The maximum Gasteiger partial charge on any atom is 0.186 e. The lowest BCUT2D eigenvalue weighted by molar-refractivity contribution is 0.413. The average molecular weight is 392 g/mol. The molecule has 0 saturated carbocycles. The molecule has 142 valence electrons. The summed E-state index contributed by atoms with van der Waals surface area (Å²) in [6, 6.07) is 14.2. The van der Waals surface area contributed by atoms with Gasteiger partial charge in [0.2, 0.25) is 0 Å². The van der Waals surface area contributed by atoms with E-state index in [1.807, 2.05) is 40.2 Å². The molecule has 0 amide bonds. The number of benzene rings is 1. The molecule has 1 fully saturated rings. The Hall–Kier alpha value is -3.13. The van der Waals surface area contributed by atoms with Gasteiger partial charge in [-0.05, 0) is 35.7 Å². The Morgan fingerprint density at radius 2 is 1.75 bits per heavy atom. The highest BCUT2D eigenvalue weighted by Crippen LogP contribution is 2.29. The zero-order valence-corrected chi connectivity index (χ0v) is 16.3. The highest BCUT2D eigenvalue weighted by Gasteiger charge is 2.21. The maximum absolute atomic E-state index is 5.51. The number of anilines is 2. The summed E-state index contributed by atoms with van der Waals surface area (Å²) in [5.74, 6) is 2.65. The van der Waals surface area contributed by atoms with Gasteiger partial charge in [-0.15, -0.1) is 15.3 Å². The molecule has 0 atom stereocenters. The second kappa shape index (κ2) is 7.12. The molecule has 4 heterocycles. The molecule has 1 saturated heterocycles. The molecule has 5 rings (SSSR count). The number of piperazine rings is 1. The average Bonchev–Trinajstić information content (AvgIpc) is 3.43. The number of hydrogen-bond donors (Lipinski definition) is 0. The molecule has 3 aromatic heterocycles. The zero-order chi connectivity index (χ0) is 18.9. The standard InChI is InChI=1S/C20H20N6OS/c1-27-17-5-3-2-4-16(17)24-9-11-25(12-10-24)19-7-6-18-21-22-20(26(18)23-19)15-8-13-28-14-15/h2-8,13-14H,9-12H2,1H3. The molecule has 0 radical (unpaired) electrons. The predicted octanol–water partition coefficient (Wildman–Crippen LogP) is 3.19. The van der Waals surface area contributed by atoms with E-state index in [0.717, 1.165) is 60.5 Å². The molecular formula is C20H20N6OS. The van der Waals surface area contributed by atoms with Crippen LogP contribution in [0.15, 0.2) is 53.2 Å². The van der Waals surface area contributed by atoms with Gasteiger partial charge in [0, 0.05) is 37.1 Å². The van der Waals surface area contributed by atoms with Gasteiger partial charge in [-0.1, -0.05) is 12.1 Å². The summed E-state index contributed by atoms with van der Waals surface area (Å²) in [5.41, 5.74) is 2.95. The van der Waals surface area contributed by atoms with Crippen LogP contribution < -0.4 is 14.5 Å². The molecule has 1 aliphatic heterocycles. The monoisotopic (exact) mass is 392 g/mol. The van der Waals surface area contributed by atoms with Crippen LogP contribution in [0.4, 0.5) is 11.5 Å². The van der Waals surface area contributed by atoms with Crippen LogP contribution in [-0.2, 0) is 0 Å². The molecule has 7 nitrogen and oxygen atoms in total. The van der Waals surface area contributed by atoms with Gasteiger partial charge in [0.25, 0.3) is 0 Å². The first-order valence-corrected chi connectivity index (χ1v) is 10.2. The lowest BCUT2D eigenvalue weighted by atomic mass is 10.2. The van der Waals surface area contributed by atoms with Crippen LogP contribution in [0.3, 0.4) is 0 Å². The summed E-state index contributed by atoms with van der Waals surface area (Å²) in [7, 11) is 1.72. The van der Waals surface area contributed by atoms with E-state index in [4.69, 9.17) is 9.84 Å². The van der Waals surface area contributed by atoms with E-state index in [1.54, 1.807) is 18.4 Å². The van der Waals surface area contributed by atoms with Crippen molar-refractivity contribution >= 4 is 28.5 Å². The predicted molar refractivity (Wildman–Crippen MR) is 112 cm³/mol. The van der Waals surface area contributed by atoms with Crippen LogP contribution in [-0.4, -0.2) is 53.1 Å². The normalized spacial score (nSPS) is 14.6. The number of rotatable bonds is 4. The fourth-order valence-corrected chi connectivity index (χ4v) is 4.22. The van der Waals surface area contributed by atoms with Crippen molar-refractivity contribution in [1.29, 1.82) is 0 Å². The number of nitrogens with zero attached hydrogens (tertiary/aromatic N) is 6. The Morgan fingerprint density at radius 1 is 0.929 bits per heavy atom. The van der Waals surface area contributed by atoms with Gasteiger partial charge in [0.05, 0.1) is 12.8 Å². The number of fused-ring (bicyclic) bond motifs is 1. The third-order valence-corrected chi connectivity index (χ3v) is 5.74. The first-order chi connectivity index (χ1) is 13.8. The summed E-state index contributed by atoms with van der Waals surface area (Å²) in [4.78, 5) is 4.67. The number of hydrogen-bond acceptors (Lipinski definition) is 7. The van der Waals surface area contributed by atoms with Gasteiger partial charge in [-0.2, -0.15) is 15.9 Å². The number of ether oxygens (including phenoxy) is 1. The van der Waals surface area contributed by atoms with Gasteiger partial charge >= 0.3 is 0 Å². The van der Waals surface area contributed by atoms with Gasteiger partial charge in [0.15, 0.2) is 11.5 Å². The fourth-order valence-electron chi connectivity index (χ4n) is 3.59. The lowest BCUT2D eigenvalue weighted by Crippen LogP contribution is -2.47. The Balaban J connectivity index is 1.38. The molecule has 0 aliphatic carbocycles. The number of methoxy groups -OCH3 is 1. The first-order valence-electron chi connectivity index (χ1n) is 9.21. The van der Waals surface area contributed by atoms with Gasteiger partial charge in [-0.3, -0.25) is 0 Å². The van der Waals surface area contributed by atoms with Gasteiger partial charge in [-0.25, -0.2) is 0 Å². The fraction of sp³-hybridized carbons (Fsp3) is 0.250. The highest BCUT2D eigenvalue weighted by molar-refractivity contribution is 7.08. The van der Waals surface area contributed by atoms with E-state index >= 15 is 0 Å². The van der Waals surface area contributed by atoms with Crippen molar-refractivity contribution < 1.29 is 4.74 Å². The Kier molecular flexibility index (Phi) is 4.32. The molecule has 0 unspecified atom stereocenters. The second-order valence-electron chi connectivity index (χ2n) is 6.64. The maximum atomic E-state index is 5.51. The van der Waals surface area contributed by atoms with Crippen LogP contribution in [0.2, 0.25) is 0 Å². The quantitative estimate of drug-likeness (QED) is 0.532. The zero-order valence-electron chi connectivity index (χ0n) is 15.5. The van der Waals surface area contributed by atoms with E-state index < -0.39 is 0 Å². The summed E-state index contributed by atoms with van der Waals surface area (Å²) in [6.45, 7) is 3.62. The molecule has 1 aliphatic rings. The SMILES string of the molecule is COc1ccccc1N1CCN(c2ccc3nnc(-c4ccsc4)n3n2)CC1. The molecule has 4 aromatic rings. The Labute approximate surface area is 166 Å². The second-order valence-corrected chi connectivity index (χ2v) is 7.42. The lowest BCUT2D eigenvalue weighted by Gasteiger charge is -2.37. The third-order valence-electron chi connectivity index (χ3n) is 5.06. The Morgan fingerprint density at radius 3 is 2.54 bits per heavy atom. The molecule has 1 aromatic carbocycles. The van der Waals surface area contributed by atoms with Crippen molar-refractivity contribution in [3.8, 4) is 17.1 Å². The van der Waals surface area contributed by atoms with Crippen molar-refractivity contribution in [2.24, 2.45) is 0 Å². The van der Waals surface area contributed by atoms with Crippen LogP contribution in [0.25, 0.3) is 17.0 Å². The van der Waals surface area contributed by atoms with Gasteiger partial charge in [0.1, 0.15) is 11.6 Å². The largest absolute Gasteiger partial charge is 0.495 e. The highest BCUT2D eigenvalue weighted by atomic mass is 32.1. The van der Waals surface area contributed by atoms with E-state index in [2.05, 4.69) is 37.5 Å². The van der Waals surface area contributed by atoms with Crippen molar-refractivity contribution in [2.45, 2.75) is 0 Å². The third kappa shape index (κ3) is 2.95. The van der Waals surface area contributed by atoms with Crippen molar-refractivity contribution in [3.63, 3.8) is 0 Å². The van der Waals surface area contributed by atoms with E-state index in [9.17, 15) is 0 Å². The smallest absolute Gasteiger partial charge is 0.186 e. The first kappa shape index (κ1) is 17.0. The van der Waals surface area contributed by atoms with Crippen molar-refractivity contribution in [1.82, 2.24) is 19.8 Å². The molecule has 8 heteroatoms. The molecule has 28 heavy (non-hydrogen) atoms. The van der Waals surface area contributed by atoms with E-state index in [-0.39, 0.29) is 0 Å². The minimum atomic E-state index is 0.762. The number of thiophene rings is 1. The van der Waals surface area contributed by atoms with Crippen molar-refractivity contribution in [2.75, 3.05) is 43.1 Å². The Bertz CT molecular complexity index is 1090. The molecule has 0 N–H and O–H groups in total. The van der Waals surface area contributed by atoms with Crippen LogP contribution >= 0.6 is 11.3 Å². The molecule has 0 bridgehead atoms. The summed E-state index contributed by atoms with van der Waals surface area (Å²) >= 11 is 1.64. The van der Waals surface area contributed by atoms with E-state index in [1.165, 1.54) is 0 Å². The minimum absolute atomic E-state index is 0.762. The van der Waals surface area contributed by atoms with Crippen LogP contribution in [0.1, 0.15) is 0 Å². The molecule has 0 spiro atoms. The number of para-hydroxylation sites is 2. The van der Waals surface area contributed by atoms with Crippen molar-refractivity contribution in [3.05, 3.63) is 53.2 Å². The summed E-state index contributed by atoms with van der Waals surface area (Å²) < 4.78 is 7.35. The van der Waals surface area contributed by atoms with Crippen LogP contribution in [0.5, 0.6) is 5.75 Å². The number of aromatic nitrogens is 4. The summed E-state index contributed by atoms with van der Waals surface area (Å²) in [5, 5.41) is 17.5. The minimum Gasteiger partial charge on any atom is -0.495 e. The van der Waals surface area contributed by atoms with Crippen LogP contribution in [0, 0.1) is 0 Å². The molecular weight excluding hydrogens is 372 g/mol. The topological polar surface area (TPSA) is 58.8 Å².